The van der Waals surface area contributed by atoms with Crippen molar-refractivity contribution in [2.75, 3.05) is 7.11 Å². The maximum Gasteiger partial charge on any atom is 0.317 e. The molecule has 0 saturated heterocycles. The van der Waals surface area contributed by atoms with Crippen LogP contribution in [0.15, 0.2) is 12.1 Å². The van der Waals surface area contributed by atoms with Crippen LogP contribution in [0, 0.1) is 17.7 Å². The van der Waals surface area contributed by atoms with Gasteiger partial charge in [-0.05, 0) is 12.1 Å². The lowest BCUT2D eigenvalue weighted by Crippen LogP contribution is -1.97. The van der Waals surface area contributed by atoms with E-state index < -0.39 is 17.5 Å². The lowest BCUT2D eigenvalue weighted by atomic mass is 10.2. The minimum Gasteiger partial charge on any atom is -0.504 e. The van der Waals surface area contributed by atoms with E-state index in [2.05, 4.69) is 16.6 Å². The number of esters is 1. The van der Waals surface area contributed by atoms with Gasteiger partial charge in [0.05, 0.1) is 12.7 Å². The third kappa shape index (κ3) is 3.14. The molecule has 0 fully saturated rings. The van der Waals surface area contributed by atoms with Crippen LogP contribution < -0.4 is 0 Å². The van der Waals surface area contributed by atoms with Gasteiger partial charge < -0.3 is 9.84 Å². The first kappa shape index (κ1) is 12.3. The fourth-order valence-corrected chi connectivity index (χ4v) is 1.15. The van der Waals surface area contributed by atoms with E-state index in [4.69, 9.17) is 11.6 Å². The standard InChI is InChI=1S/C11H8ClFO3/c1-16-10(14)4-2-3-7-5-8(12)6-9(13)11(7)15/h5-6,15H,4H2,1H3. The molecule has 0 saturated carbocycles. The van der Waals surface area contributed by atoms with Gasteiger partial charge in [0, 0.05) is 5.02 Å². The molecule has 0 atom stereocenters. The zero-order valence-electron chi connectivity index (χ0n) is 8.38. The number of phenols is 1. The number of aromatic hydroxyl groups is 1. The topological polar surface area (TPSA) is 46.5 Å². The van der Waals surface area contributed by atoms with Crippen LogP contribution in [0.1, 0.15) is 12.0 Å². The molecule has 1 N–H and O–H groups in total. The molecule has 0 spiro atoms. The molecule has 0 aliphatic carbocycles. The summed E-state index contributed by atoms with van der Waals surface area (Å²) in [5, 5.41) is 9.41. The number of benzene rings is 1. The Morgan fingerprint density at radius 1 is 1.62 bits per heavy atom. The van der Waals surface area contributed by atoms with Gasteiger partial charge >= 0.3 is 5.97 Å². The number of hydrogen-bond donors (Lipinski definition) is 1. The van der Waals surface area contributed by atoms with E-state index in [9.17, 15) is 14.3 Å². The summed E-state index contributed by atoms with van der Waals surface area (Å²) >= 11 is 5.58. The van der Waals surface area contributed by atoms with Crippen molar-refractivity contribution in [2.24, 2.45) is 0 Å². The second-order valence-electron chi connectivity index (χ2n) is 2.84. The quantitative estimate of drug-likeness (QED) is 0.606. The van der Waals surface area contributed by atoms with Crippen molar-refractivity contribution in [3.05, 3.63) is 28.5 Å². The van der Waals surface area contributed by atoms with Crippen LogP contribution in [-0.4, -0.2) is 18.2 Å². The second-order valence-corrected chi connectivity index (χ2v) is 3.27. The van der Waals surface area contributed by atoms with E-state index in [1.165, 1.54) is 13.2 Å². The molecule has 0 heterocycles. The van der Waals surface area contributed by atoms with Gasteiger partial charge in [-0.25, -0.2) is 4.39 Å². The average molecular weight is 243 g/mol. The Kier molecular flexibility index (Phi) is 4.15. The highest BCUT2D eigenvalue weighted by Gasteiger charge is 2.06. The predicted octanol–water partition coefficient (Wildman–Crippen LogP) is 2.10. The number of ether oxygens (including phenoxy) is 1. The van der Waals surface area contributed by atoms with Crippen LogP contribution in [0.3, 0.4) is 0 Å². The summed E-state index contributed by atoms with van der Waals surface area (Å²) in [6.45, 7) is 0. The first-order chi connectivity index (χ1) is 7.54. The summed E-state index contributed by atoms with van der Waals surface area (Å²) < 4.78 is 17.4. The summed E-state index contributed by atoms with van der Waals surface area (Å²) in [5.41, 5.74) is 0.0360. The summed E-state index contributed by atoms with van der Waals surface area (Å²) in [7, 11) is 1.24. The van der Waals surface area contributed by atoms with Crippen molar-refractivity contribution < 1.29 is 19.0 Å². The largest absolute Gasteiger partial charge is 0.504 e. The van der Waals surface area contributed by atoms with Crippen molar-refractivity contribution in [1.82, 2.24) is 0 Å². The number of halogens is 2. The van der Waals surface area contributed by atoms with Gasteiger partial charge in [-0.3, -0.25) is 4.79 Å². The number of carbonyl (C=O) groups is 1. The van der Waals surface area contributed by atoms with Gasteiger partial charge in [-0.1, -0.05) is 23.4 Å². The third-order valence-electron chi connectivity index (χ3n) is 1.71. The number of carbonyl (C=O) groups excluding carboxylic acids is 1. The molecule has 16 heavy (non-hydrogen) atoms. The number of phenolic OH excluding ortho intramolecular Hbond substituents is 1. The molecule has 0 aliphatic heterocycles. The highest BCUT2D eigenvalue weighted by molar-refractivity contribution is 6.30. The van der Waals surface area contributed by atoms with Crippen LogP contribution in [0.5, 0.6) is 5.75 Å². The van der Waals surface area contributed by atoms with Gasteiger partial charge in [0.1, 0.15) is 6.42 Å². The first-order valence-electron chi connectivity index (χ1n) is 4.28. The normalized spacial score (nSPS) is 9.19. The van der Waals surface area contributed by atoms with Crippen molar-refractivity contribution in [3.8, 4) is 17.6 Å². The maximum absolute atomic E-state index is 13.0. The Morgan fingerprint density at radius 2 is 2.31 bits per heavy atom. The van der Waals surface area contributed by atoms with E-state index in [0.29, 0.717) is 0 Å². The van der Waals surface area contributed by atoms with Gasteiger partial charge in [0.2, 0.25) is 0 Å². The molecule has 0 bridgehead atoms. The van der Waals surface area contributed by atoms with E-state index >= 15 is 0 Å². The molecule has 3 nitrogen and oxygen atoms in total. The Bertz CT molecular complexity index is 474. The zero-order chi connectivity index (χ0) is 12.1. The Labute approximate surface area is 96.8 Å². The second kappa shape index (κ2) is 5.38. The molecule has 0 aliphatic rings. The summed E-state index contributed by atoms with van der Waals surface area (Å²) in [6.07, 6.45) is -0.135. The van der Waals surface area contributed by atoms with Crippen LogP contribution in [0.4, 0.5) is 4.39 Å². The number of hydrogen-bond acceptors (Lipinski definition) is 3. The highest BCUT2D eigenvalue weighted by Crippen LogP contribution is 2.24. The first-order valence-corrected chi connectivity index (χ1v) is 4.66. The zero-order valence-corrected chi connectivity index (χ0v) is 9.14. The van der Waals surface area contributed by atoms with E-state index in [-0.39, 0.29) is 17.0 Å². The average Bonchev–Trinajstić information content (AvgIpc) is 2.24. The Morgan fingerprint density at radius 3 is 2.94 bits per heavy atom. The highest BCUT2D eigenvalue weighted by atomic mass is 35.5. The molecule has 0 radical (unpaired) electrons. The fourth-order valence-electron chi connectivity index (χ4n) is 0.945. The van der Waals surface area contributed by atoms with Crippen LogP contribution in [0.25, 0.3) is 0 Å². The maximum atomic E-state index is 13.0. The molecule has 1 aromatic carbocycles. The van der Waals surface area contributed by atoms with Gasteiger partial charge in [-0.15, -0.1) is 0 Å². The molecule has 1 rings (SSSR count). The predicted molar refractivity (Wildman–Crippen MR) is 56.6 cm³/mol. The lowest BCUT2D eigenvalue weighted by Gasteiger charge is -1.99. The van der Waals surface area contributed by atoms with Gasteiger partial charge in [0.25, 0.3) is 0 Å². The Balaban J connectivity index is 2.92. The van der Waals surface area contributed by atoms with Crippen LogP contribution in [-0.2, 0) is 9.53 Å². The minimum atomic E-state index is -0.852. The molecule has 1 aromatic rings. The van der Waals surface area contributed by atoms with Crippen LogP contribution >= 0.6 is 11.6 Å². The van der Waals surface area contributed by atoms with Crippen molar-refractivity contribution in [3.63, 3.8) is 0 Å². The van der Waals surface area contributed by atoms with Crippen molar-refractivity contribution in [2.45, 2.75) is 6.42 Å². The summed E-state index contributed by atoms with van der Waals surface area (Å²) in [6, 6.07) is 2.28. The van der Waals surface area contributed by atoms with Crippen LogP contribution in [0.2, 0.25) is 5.02 Å². The molecule has 0 amide bonds. The monoisotopic (exact) mass is 242 g/mol. The van der Waals surface area contributed by atoms with E-state index in [1.807, 2.05) is 0 Å². The smallest absolute Gasteiger partial charge is 0.317 e. The lowest BCUT2D eigenvalue weighted by molar-refractivity contribution is -0.139. The van der Waals surface area contributed by atoms with Crippen molar-refractivity contribution in [1.29, 1.82) is 0 Å². The molecule has 84 valence electrons. The minimum absolute atomic E-state index is 0.0360. The SMILES string of the molecule is COC(=O)CC#Cc1cc(Cl)cc(F)c1O. The van der Waals surface area contributed by atoms with Gasteiger partial charge in [0.15, 0.2) is 11.6 Å². The number of methoxy groups -OCH3 is 1. The molecular weight excluding hydrogens is 235 g/mol. The third-order valence-corrected chi connectivity index (χ3v) is 1.93. The molecule has 5 heteroatoms. The molecule has 0 unspecified atom stereocenters. The van der Waals surface area contributed by atoms with E-state index in [1.54, 1.807) is 0 Å². The molecular formula is C11H8ClFO3. The fraction of sp³-hybridized carbons (Fsp3) is 0.182. The Hall–Kier alpha value is -1.73. The summed E-state index contributed by atoms with van der Waals surface area (Å²) in [5.74, 6) is 2.93. The molecule has 0 aromatic heterocycles. The van der Waals surface area contributed by atoms with Crippen molar-refractivity contribution >= 4 is 17.6 Å². The number of rotatable bonds is 1. The summed E-state index contributed by atoms with van der Waals surface area (Å²) in [4.78, 5) is 10.7. The van der Waals surface area contributed by atoms with E-state index in [0.717, 1.165) is 6.07 Å². The van der Waals surface area contributed by atoms with Gasteiger partial charge in [-0.2, -0.15) is 0 Å².